The Bertz CT molecular complexity index is 379. The fourth-order valence-electron chi connectivity index (χ4n) is 1.12. The van der Waals surface area contributed by atoms with Crippen LogP contribution in [0.1, 0.15) is 17.3 Å². The lowest BCUT2D eigenvalue weighted by Crippen LogP contribution is -2.02. The number of nitrogens with one attached hydrogen (secondary N) is 1. The van der Waals surface area contributed by atoms with Crippen molar-refractivity contribution in [3.63, 3.8) is 0 Å². The van der Waals surface area contributed by atoms with Crippen molar-refractivity contribution in [2.75, 3.05) is 11.9 Å². The quantitative estimate of drug-likeness (QED) is 0.668. The van der Waals surface area contributed by atoms with Gasteiger partial charge in [-0.1, -0.05) is 0 Å². The lowest BCUT2D eigenvalue weighted by atomic mass is 10.2. The highest BCUT2D eigenvalue weighted by molar-refractivity contribution is 14.1. The van der Waals surface area contributed by atoms with Gasteiger partial charge in [-0.25, -0.2) is 0 Å². The van der Waals surface area contributed by atoms with E-state index >= 15 is 0 Å². The molecule has 1 N–H and O–H groups in total. The zero-order chi connectivity index (χ0) is 11.3. The van der Waals surface area contributed by atoms with Crippen LogP contribution in [0.2, 0.25) is 0 Å². The molecule has 1 amide bonds. The molecule has 4 nitrogen and oxygen atoms in total. The minimum atomic E-state index is 0.475. The number of halogens is 1. The normalized spacial score (nSPS) is 9.47. The fourth-order valence-corrected chi connectivity index (χ4v) is 1.74. The van der Waals surface area contributed by atoms with Gasteiger partial charge in [-0.3, -0.25) is 9.59 Å². The number of amides is 1. The van der Waals surface area contributed by atoms with Gasteiger partial charge in [0.25, 0.3) is 0 Å². The average molecular weight is 319 g/mol. The van der Waals surface area contributed by atoms with Crippen LogP contribution < -0.4 is 10.1 Å². The highest BCUT2D eigenvalue weighted by Crippen LogP contribution is 2.29. The van der Waals surface area contributed by atoms with Crippen LogP contribution >= 0.6 is 22.6 Å². The van der Waals surface area contributed by atoms with Crippen molar-refractivity contribution in [1.82, 2.24) is 0 Å². The van der Waals surface area contributed by atoms with Gasteiger partial charge in [0.05, 0.1) is 15.9 Å². The summed E-state index contributed by atoms with van der Waals surface area (Å²) in [7, 11) is 0. The maximum Gasteiger partial charge on any atom is 0.211 e. The Hall–Kier alpha value is -1.11. The number of carbonyl (C=O) groups is 2. The SMILES string of the molecule is CCOc1cc(C=O)cc(NC=O)c1I. The Labute approximate surface area is 101 Å². The highest BCUT2D eigenvalue weighted by atomic mass is 127. The van der Waals surface area contributed by atoms with Crippen molar-refractivity contribution in [3.05, 3.63) is 21.3 Å². The van der Waals surface area contributed by atoms with E-state index in [4.69, 9.17) is 4.74 Å². The molecule has 15 heavy (non-hydrogen) atoms. The zero-order valence-electron chi connectivity index (χ0n) is 8.12. The maximum absolute atomic E-state index is 10.7. The Morgan fingerprint density at radius 3 is 2.73 bits per heavy atom. The van der Waals surface area contributed by atoms with Crippen molar-refractivity contribution in [2.45, 2.75) is 6.92 Å². The number of hydrogen-bond donors (Lipinski definition) is 1. The molecule has 1 aromatic carbocycles. The van der Waals surface area contributed by atoms with Crippen molar-refractivity contribution >= 4 is 41.0 Å². The molecule has 0 unspecified atom stereocenters. The molecule has 0 aromatic heterocycles. The van der Waals surface area contributed by atoms with E-state index in [9.17, 15) is 9.59 Å². The monoisotopic (exact) mass is 319 g/mol. The second-order valence-corrected chi connectivity index (χ2v) is 3.77. The second kappa shape index (κ2) is 5.69. The van der Waals surface area contributed by atoms with Crippen LogP contribution in [0.4, 0.5) is 5.69 Å². The molecule has 1 rings (SSSR count). The molecule has 0 fully saturated rings. The van der Waals surface area contributed by atoms with Gasteiger partial charge in [-0.15, -0.1) is 0 Å². The van der Waals surface area contributed by atoms with Crippen LogP contribution in [0.25, 0.3) is 0 Å². The van der Waals surface area contributed by atoms with E-state index in [0.29, 0.717) is 36.3 Å². The van der Waals surface area contributed by atoms with Crippen LogP contribution in [-0.2, 0) is 4.79 Å². The smallest absolute Gasteiger partial charge is 0.211 e. The van der Waals surface area contributed by atoms with Gasteiger partial charge < -0.3 is 10.1 Å². The Morgan fingerprint density at radius 1 is 1.47 bits per heavy atom. The van der Waals surface area contributed by atoms with Crippen molar-refractivity contribution in [3.8, 4) is 5.75 Å². The number of benzene rings is 1. The van der Waals surface area contributed by atoms with Crippen LogP contribution in [0.3, 0.4) is 0 Å². The summed E-state index contributed by atoms with van der Waals surface area (Å²) in [5.74, 6) is 0.604. The van der Waals surface area contributed by atoms with Gasteiger partial charge in [0.1, 0.15) is 12.0 Å². The molecule has 5 heteroatoms. The molecule has 0 saturated heterocycles. The van der Waals surface area contributed by atoms with Crippen molar-refractivity contribution in [2.24, 2.45) is 0 Å². The van der Waals surface area contributed by atoms with Gasteiger partial charge in [0.15, 0.2) is 0 Å². The number of hydrogen-bond acceptors (Lipinski definition) is 3. The van der Waals surface area contributed by atoms with Gasteiger partial charge >= 0.3 is 0 Å². The van der Waals surface area contributed by atoms with Crippen LogP contribution in [0, 0.1) is 3.57 Å². The third-order valence-corrected chi connectivity index (χ3v) is 2.82. The summed E-state index contributed by atoms with van der Waals surface area (Å²) in [5, 5.41) is 2.52. The highest BCUT2D eigenvalue weighted by Gasteiger charge is 2.08. The van der Waals surface area contributed by atoms with Crippen molar-refractivity contribution in [1.29, 1.82) is 0 Å². The Kier molecular flexibility index (Phi) is 4.54. The summed E-state index contributed by atoms with van der Waals surface area (Å²) in [6.45, 7) is 2.37. The Balaban J connectivity index is 3.19. The molecule has 0 radical (unpaired) electrons. The van der Waals surface area contributed by atoms with Crippen LogP contribution in [-0.4, -0.2) is 19.3 Å². The van der Waals surface area contributed by atoms with E-state index < -0.39 is 0 Å². The van der Waals surface area contributed by atoms with Gasteiger partial charge in [0.2, 0.25) is 6.41 Å². The van der Waals surface area contributed by atoms with E-state index in [1.165, 1.54) is 0 Å². The number of rotatable bonds is 5. The summed E-state index contributed by atoms with van der Waals surface area (Å²) in [6, 6.07) is 3.25. The van der Waals surface area contributed by atoms with E-state index in [1.54, 1.807) is 12.1 Å². The summed E-state index contributed by atoms with van der Waals surface area (Å²) in [5.41, 5.74) is 1.06. The molecule has 80 valence electrons. The van der Waals surface area contributed by atoms with Crippen molar-refractivity contribution < 1.29 is 14.3 Å². The third kappa shape index (κ3) is 2.92. The van der Waals surface area contributed by atoms with E-state index in [-0.39, 0.29) is 0 Å². The first-order chi connectivity index (χ1) is 7.22. The molecular formula is C10H10INO3. The average Bonchev–Trinajstić information content (AvgIpc) is 2.24. The summed E-state index contributed by atoms with van der Waals surface area (Å²) in [4.78, 5) is 21.0. The minimum absolute atomic E-state index is 0.475. The molecule has 0 spiro atoms. The van der Waals surface area contributed by atoms with Crippen LogP contribution in [0.15, 0.2) is 12.1 Å². The van der Waals surface area contributed by atoms with Crippen LogP contribution in [0.5, 0.6) is 5.75 Å². The molecule has 0 aliphatic carbocycles. The van der Waals surface area contributed by atoms with Gasteiger partial charge in [0, 0.05) is 5.56 Å². The molecule has 0 atom stereocenters. The molecular weight excluding hydrogens is 309 g/mol. The third-order valence-electron chi connectivity index (χ3n) is 1.71. The second-order valence-electron chi connectivity index (χ2n) is 2.69. The molecule has 1 aromatic rings. The summed E-state index contributed by atoms with van der Waals surface area (Å²) in [6.07, 6.45) is 1.29. The summed E-state index contributed by atoms with van der Waals surface area (Å²) >= 11 is 2.06. The number of anilines is 1. The fraction of sp³-hybridized carbons (Fsp3) is 0.200. The standard InChI is InChI=1S/C10H10INO3/c1-2-15-9-4-7(5-13)3-8(10(9)11)12-6-14/h3-6H,2H2,1H3,(H,12,14). The first kappa shape index (κ1) is 12.0. The first-order valence-corrected chi connectivity index (χ1v) is 5.42. The topological polar surface area (TPSA) is 55.4 Å². The molecule has 0 bridgehead atoms. The lowest BCUT2D eigenvalue weighted by molar-refractivity contribution is -0.105. The van der Waals surface area contributed by atoms with E-state index in [2.05, 4.69) is 27.9 Å². The maximum atomic E-state index is 10.7. The molecule has 0 aliphatic heterocycles. The predicted molar refractivity (Wildman–Crippen MR) is 65.4 cm³/mol. The zero-order valence-corrected chi connectivity index (χ0v) is 10.3. The number of ether oxygens (including phenoxy) is 1. The largest absolute Gasteiger partial charge is 0.493 e. The molecule has 0 aliphatic rings. The van der Waals surface area contributed by atoms with E-state index in [0.717, 1.165) is 3.57 Å². The molecule has 0 saturated carbocycles. The number of aldehydes is 1. The van der Waals surface area contributed by atoms with Gasteiger partial charge in [-0.05, 0) is 41.6 Å². The Morgan fingerprint density at radius 2 is 2.20 bits per heavy atom. The summed E-state index contributed by atoms with van der Waals surface area (Å²) < 4.78 is 6.13. The lowest BCUT2D eigenvalue weighted by Gasteiger charge is -2.10. The number of carbonyl (C=O) groups excluding carboxylic acids is 2. The minimum Gasteiger partial charge on any atom is -0.493 e. The first-order valence-electron chi connectivity index (χ1n) is 4.34. The van der Waals surface area contributed by atoms with E-state index in [1.807, 2.05) is 6.92 Å². The van der Waals surface area contributed by atoms with Gasteiger partial charge in [-0.2, -0.15) is 0 Å². The predicted octanol–water partition coefficient (Wildman–Crippen LogP) is 2.07. The molecule has 0 heterocycles.